The van der Waals surface area contributed by atoms with E-state index in [1.165, 1.54) is 19.2 Å². The van der Waals surface area contributed by atoms with E-state index in [4.69, 9.17) is 20.9 Å². The van der Waals surface area contributed by atoms with Crippen LogP contribution in [0.2, 0.25) is 5.02 Å². The number of halogens is 4. The predicted octanol–water partition coefficient (Wildman–Crippen LogP) is 4.93. The van der Waals surface area contributed by atoms with E-state index >= 15 is 0 Å². The van der Waals surface area contributed by atoms with Crippen LogP contribution in [0.15, 0.2) is 47.0 Å². The molecule has 1 amide bonds. The lowest BCUT2D eigenvalue weighted by Crippen LogP contribution is -2.27. The molecule has 0 saturated carbocycles. The molecular formula is C21H16ClF3N2O4. The Kier molecular flexibility index (Phi) is 5.40. The molecule has 2 N–H and O–H groups in total. The normalized spacial score (nSPS) is 18.0. The summed E-state index contributed by atoms with van der Waals surface area (Å²) >= 11 is 6.24. The monoisotopic (exact) mass is 452 g/mol. The Hall–Kier alpha value is -3.04. The summed E-state index contributed by atoms with van der Waals surface area (Å²) in [7, 11) is 1.51. The van der Waals surface area contributed by atoms with Gasteiger partial charge in [-0.3, -0.25) is 4.79 Å². The maximum Gasteiger partial charge on any atom is 0.416 e. The summed E-state index contributed by atoms with van der Waals surface area (Å²) in [6.45, 7) is 0. The SMILES string of the molecule is COc1ccc2c(c1)C(NC(=O)c1noc(-c3ccc(C(F)(F)F)cc3)c1Cl)CC2O. The topological polar surface area (TPSA) is 84.6 Å². The van der Waals surface area contributed by atoms with Crippen LogP contribution in [0.3, 0.4) is 0 Å². The molecule has 1 aliphatic carbocycles. The van der Waals surface area contributed by atoms with E-state index in [2.05, 4.69) is 10.5 Å². The van der Waals surface area contributed by atoms with Crippen LogP contribution < -0.4 is 10.1 Å². The van der Waals surface area contributed by atoms with E-state index in [0.717, 1.165) is 12.1 Å². The second kappa shape index (κ2) is 7.90. The molecule has 162 valence electrons. The largest absolute Gasteiger partial charge is 0.497 e. The molecule has 0 spiro atoms. The van der Waals surface area contributed by atoms with Crippen molar-refractivity contribution >= 4 is 17.5 Å². The number of hydrogen-bond donors (Lipinski definition) is 2. The minimum absolute atomic E-state index is 0.0194. The lowest BCUT2D eigenvalue weighted by Gasteiger charge is -2.13. The van der Waals surface area contributed by atoms with Crippen LogP contribution in [-0.2, 0) is 6.18 Å². The fraction of sp³-hybridized carbons (Fsp3) is 0.238. The van der Waals surface area contributed by atoms with Crippen LogP contribution in [0.1, 0.15) is 45.7 Å². The number of ether oxygens (including phenoxy) is 1. The van der Waals surface area contributed by atoms with Gasteiger partial charge in [0.2, 0.25) is 0 Å². The lowest BCUT2D eigenvalue weighted by molar-refractivity contribution is -0.137. The maximum atomic E-state index is 12.7. The molecule has 2 atom stereocenters. The van der Waals surface area contributed by atoms with E-state index in [-0.39, 0.29) is 28.5 Å². The van der Waals surface area contributed by atoms with Crippen molar-refractivity contribution in [1.29, 1.82) is 0 Å². The zero-order valence-corrected chi connectivity index (χ0v) is 16.8. The third-order valence-electron chi connectivity index (χ3n) is 5.12. The number of nitrogens with one attached hydrogen (secondary N) is 1. The van der Waals surface area contributed by atoms with Gasteiger partial charge < -0.3 is 19.7 Å². The standard InChI is InChI=1S/C21H16ClF3N2O4/c1-30-12-6-7-13-14(8-12)15(9-16(13)28)26-20(29)18-17(22)19(31-27-18)10-2-4-11(5-3-10)21(23,24)25/h2-8,15-16,28H,9H2,1H3,(H,26,29). The summed E-state index contributed by atoms with van der Waals surface area (Å²) < 4.78 is 48.6. The second-order valence-corrected chi connectivity index (χ2v) is 7.40. The van der Waals surface area contributed by atoms with Gasteiger partial charge in [0.1, 0.15) is 10.8 Å². The van der Waals surface area contributed by atoms with Crippen molar-refractivity contribution < 1.29 is 32.3 Å². The van der Waals surface area contributed by atoms with E-state index in [1.807, 2.05) is 0 Å². The summed E-state index contributed by atoms with van der Waals surface area (Å²) in [6, 6.07) is 8.83. The highest BCUT2D eigenvalue weighted by Gasteiger charge is 2.33. The highest BCUT2D eigenvalue weighted by Crippen LogP contribution is 2.41. The quantitative estimate of drug-likeness (QED) is 0.586. The molecule has 6 nitrogen and oxygen atoms in total. The van der Waals surface area contributed by atoms with Gasteiger partial charge in [0, 0.05) is 12.0 Å². The number of amides is 1. The number of alkyl halides is 3. The number of aliphatic hydroxyl groups is 1. The molecule has 1 heterocycles. The average molecular weight is 453 g/mol. The van der Waals surface area contributed by atoms with Crippen LogP contribution in [0.5, 0.6) is 5.75 Å². The van der Waals surface area contributed by atoms with E-state index in [0.29, 0.717) is 16.9 Å². The Labute approximate surface area is 179 Å². The lowest BCUT2D eigenvalue weighted by atomic mass is 10.1. The van der Waals surface area contributed by atoms with Gasteiger partial charge in [0.05, 0.1) is 24.8 Å². The highest BCUT2D eigenvalue weighted by atomic mass is 35.5. The molecule has 4 rings (SSSR count). The van der Waals surface area contributed by atoms with Crippen LogP contribution in [-0.4, -0.2) is 23.3 Å². The number of aliphatic hydroxyl groups excluding tert-OH is 1. The minimum Gasteiger partial charge on any atom is -0.497 e. The molecule has 0 bridgehead atoms. The summed E-state index contributed by atoms with van der Waals surface area (Å²) in [5, 5.41) is 16.6. The molecule has 2 aromatic carbocycles. The van der Waals surface area contributed by atoms with Crippen molar-refractivity contribution in [1.82, 2.24) is 10.5 Å². The Morgan fingerprint density at radius 1 is 1.23 bits per heavy atom. The summed E-state index contributed by atoms with van der Waals surface area (Å²) in [5.41, 5.74) is 0.614. The zero-order chi connectivity index (χ0) is 22.3. The highest BCUT2D eigenvalue weighted by molar-refractivity contribution is 6.35. The van der Waals surface area contributed by atoms with Crippen LogP contribution >= 0.6 is 11.6 Å². The Morgan fingerprint density at radius 2 is 1.94 bits per heavy atom. The van der Waals surface area contributed by atoms with Crippen molar-refractivity contribution in [3.05, 3.63) is 69.9 Å². The van der Waals surface area contributed by atoms with Crippen molar-refractivity contribution in [3.63, 3.8) is 0 Å². The smallest absolute Gasteiger partial charge is 0.416 e. The number of carbonyl (C=O) groups excluding carboxylic acids is 1. The third kappa shape index (κ3) is 3.98. The fourth-order valence-electron chi connectivity index (χ4n) is 3.54. The molecule has 0 aliphatic heterocycles. The number of benzene rings is 2. The summed E-state index contributed by atoms with van der Waals surface area (Å²) in [6.07, 6.45) is -4.96. The molecule has 0 saturated heterocycles. The van der Waals surface area contributed by atoms with Crippen molar-refractivity contribution in [2.75, 3.05) is 7.11 Å². The average Bonchev–Trinajstić information content (AvgIpc) is 3.27. The first-order valence-electron chi connectivity index (χ1n) is 9.18. The number of fused-ring (bicyclic) bond motifs is 1. The molecule has 1 aliphatic rings. The molecule has 31 heavy (non-hydrogen) atoms. The molecule has 1 aromatic heterocycles. The number of hydrogen-bond acceptors (Lipinski definition) is 5. The Bertz CT molecular complexity index is 1130. The maximum absolute atomic E-state index is 12.7. The second-order valence-electron chi connectivity index (χ2n) is 7.02. The molecule has 0 radical (unpaired) electrons. The Balaban J connectivity index is 1.56. The van der Waals surface area contributed by atoms with E-state index < -0.39 is 29.8 Å². The first kappa shape index (κ1) is 21.2. The van der Waals surface area contributed by atoms with Gasteiger partial charge in [-0.25, -0.2) is 0 Å². The fourth-order valence-corrected chi connectivity index (χ4v) is 3.80. The van der Waals surface area contributed by atoms with Gasteiger partial charge in [-0.2, -0.15) is 13.2 Å². The molecule has 10 heteroatoms. The number of carbonyl (C=O) groups is 1. The zero-order valence-electron chi connectivity index (χ0n) is 16.0. The van der Waals surface area contributed by atoms with Gasteiger partial charge >= 0.3 is 6.18 Å². The van der Waals surface area contributed by atoms with E-state index in [1.54, 1.807) is 18.2 Å². The summed E-state index contributed by atoms with van der Waals surface area (Å²) in [5.74, 6) is -0.0787. The first-order chi connectivity index (χ1) is 14.7. The Morgan fingerprint density at radius 3 is 2.58 bits per heavy atom. The van der Waals surface area contributed by atoms with Gasteiger partial charge in [-0.05, 0) is 35.4 Å². The molecule has 0 fully saturated rings. The predicted molar refractivity (Wildman–Crippen MR) is 105 cm³/mol. The molecule has 2 unspecified atom stereocenters. The third-order valence-corrected chi connectivity index (χ3v) is 5.47. The van der Waals surface area contributed by atoms with Crippen molar-refractivity contribution in [3.8, 4) is 17.1 Å². The van der Waals surface area contributed by atoms with Crippen molar-refractivity contribution in [2.24, 2.45) is 0 Å². The minimum atomic E-state index is -4.47. The number of methoxy groups -OCH3 is 1. The first-order valence-corrected chi connectivity index (χ1v) is 9.56. The summed E-state index contributed by atoms with van der Waals surface area (Å²) in [4.78, 5) is 12.7. The van der Waals surface area contributed by atoms with E-state index in [9.17, 15) is 23.1 Å². The van der Waals surface area contributed by atoms with Gasteiger partial charge in [0.25, 0.3) is 5.91 Å². The van der Waals surface area contributed by atoms with Crippen LogP contribution in [0.25, 0.3) is 11.3 Å². The van der Waals surface area contributed by atoms with Gasteiger partial charge in [-0.15, -0.1) is 0 Å². The van der Waals surface area contributed by atoms with Crippen LogP contribution in [0.4, 0.5) is 13.2 Å². The van der Waals surface area contributed by atoms with Crippen molar-refractivity contribution in [2.45, 2.75) is 24.7 Å². The number of nitrogens with zero attached hydrogens (tertiary/aromatic N) is 1. The molecule has 3 aromatic rings. The van der Waals surface area contributed by atoms with Gasteiger partial charge in [-0.1, -0.05) is 35.0 Å². The molecular weight excluding hydrogens is 437 g/mol. The van der Waals surface area contributed by atoms with Gasteiger partial charge in [0.15, 0.2) is 11.5 Å². The number of aromatic nitrogens is 1. The van der Waals surface area contributed by atoms with Crippen LogP contribution in [0, 0.1) is 0 Å². The number of rotatable bonds is 4.